The second-order valence-corrected chi connectivity index (χ2v) is 4.43. The van der Waals surface area contributed by atoms with Gasteiger partial charge >= 0.3 is 5.97 Å². The predicted octanol–water partition coefficient (Wildman–Crippen LogP) is 3.02. The summed E-state index contributed by atoms with van der Waals surface area (Å²) in [4.78, 5) is 11.0. The van der Waals surface area contributed by atoms with Gasteiger partial charge in [-0.25, -0.2) is 0 Å². The van der Waals surface area contributed by atoms with Crippen LogP contribution < -0.4 is 5.73 Å². The average Bonchev–Trinajstić information content (AvgIpc) is 2.26. The Morgan fingerprint density at radius 2 is 1.56 bits per heavy atom. The van der Waals surface area contributed by atoms with Gasteiger partial charge in [0.1, 0.15) is 6.04 Å². The van der Waals surface area contributed by atoms with Crippen LogP contribution in [-0.4, -0.2) is 18.6 Å². The Labute approximate surface area is 99.7 Å². The summed E-state index contributed by atoms with van der Waals surface area (Å²) in [6, 6.07) is -0.492. The Bertz CT molecular complexity index is 169. The minimum absolute atomic E-state index is 0.289. The van der Waals surface area contributed by atoms with Crippen molar-refractivity contribution < 1.29 is 9.53 Å². The fourth-order valence-corrected chi connectivity index (χ4v) is 1.54. The number of rotatable bonds is 10. The van der Waals surface area contributed by atoms with Crippen LogP contribution in [0.5, 0.6) is 0 Å². The summed E-state index contributed by atoms with van der Waals surface area (Å²) in [6.45, 7) is 4.40. The molecule has 16 heavy (non-hydrogen) atoms. The number of hydrogen-bond acceptors (Lipinski definition) is 3. The zero-order valence-electron chi connectivity index (χ0n) is 10.8. The normalized spacial score (nSPS) is 12.4. The van der Waals surface area contributed by atoms with Crippen molar-refractivity contribution in [3.05, 3.63) is 0 Å². The molecule has 0 radical (unpaired) electrons. The third-order valence-corrected chi connectivity index (χ3v) is 2.61. The van der Waals surface area contributed by atoms with Crippen molar-refractivity contribution in [3.8, 4) is 0 Å². The molecule has 3 nitrogen and oxygen atoms in total. The van der Waals surface area contributed by atoms with Gasteiger partial charge in [0.05, 0.1) is 6.61 Å². The van der Waals surface area contributed by atoms with Crippen molar-refractivity contribution in [1.82, 2.24) is 0 Å². The van der Waals surface area contributed by atoms with Crippen LogP contribution in [0.2, 0.25) is 0 Å². The molecule has 0 aliphatic carbocycles. The summed E-state index contributed by atoms with van der Waals surface area (Å²) in [7, 11) is 0. The first kappa shape index (κ1) is 15.4. The van der Waals surface area contributed by atoms with Crippen LogP contribution in [0.25, 0.3) is 0 Å². The first-order valence-electron chi connectivity index (χ1n) is 6.60. The Balaban J connectivity index is 3.07. The van der Waals surface area contributed by atoms with Gasteiger partial charge in [0.2, 0.25) is 0 Å². The average molecular weight is 229 g/mol. The molecule has 0 fully saturated rings. The molecule has 0 amide bonds. The van der Waals surface area contributed by atoms with Gasteiger partial charge < -0.3 is 10.5 Å². The van der Waals surface area contributed by atoms with Crippen LogP contribution >= 0.6 is 0 Å². The van der Waals surface area contributed by atoms with E-state index in [2.05, 4.69) is 6.92 Å². The summed E-state index contributed by atoms with van der Waals surface area (Å²) < 4.78 is 4.98. The summed E-state index contributed by atoms with van der Waals surface area (Å²) in [5.41, 5.74) is 5.37. The third-order valence-electron chi connectivity index (χ3n) is 2.61. The van der Waals surface area contributed by atoms with Crippen LogP contribution in [0.15, 0.2) is 0 Å². The highest BCUT2D eigenvalue weighted by atomic mass is 16.5. The van der Waals surface area contributed by atoms with E-state index in [9.17, 15) is 4.79 Å². The molecule has 0 spiro atoms. The highest BCUT2D eigenvalue weighted by Crippen LogP contribution is 2.08. The van der Waals surface area contributed by atoms with Gasteiger partial charge in [-0.1, -0.05) is 51.9 Å². The van der Waals surface area contributed by atoms with Crippen molar-refractivity contribution in [2.24, 2.45) is 5.73 Å². The van der Waals surface area contributed by atoms with E-state index in [1.165, 1.54) is 38.5 Å². The molecule has 3 heteroatoms. The molecule has 0 aliphatic heterocycles. The number of hydrogen-bond donors (Lipinski definition) is 1. The fourth-order valence-electron chi connectivity index (χ4n) is 1.54. The van der Waals surface area contributed by atoms with Crippen molar-refractivity contribution in [2.45, 2.75) is 71.3 Å². The monoisotopic (exact) mass is 229 g/mol. The van der Waals surface area contributed by atoms with Crippen LogP contribution in [0, 0.1) is 0 Å². The standard InChI is InChI=1S/C13H27NO2/c1-3-4-5-6-7-8-9-10-11-16-13(15)12(2)14/h12H,3-11,14H2,1-2H3. The second-order valence-electron chi connectivity index (χ2n) is 4.43. The van der Waals surface area contributed by atoms with E-state index < -0.39 is 6.04 Å². The molecule has 0 bridgehead atoms. The lowest BCUT2D eigenvalue weighted by molar-refractivity contribution is -0.144. The first-order chi connectivity index (χ1) is 7.68. The summed E-state index contributed by atoms with van der Waals surface area (Å²) in [6.07, 6.45) is 10.0. The molecule has 0 aromatic carbocycles. The molecule has 2 N–H and O–H groups in total. The minimum Gasteiger partial charge on any atom is -0.465 e. The van der Waals surface area contributed by atoms with Crippen LogP contribution in [0.3, 0.4) is 0 Å². The maximum absolute atomic E-state index is 11.0. The van der Waals surface area contributed by atoms with Gasteiger partial charge in [-0.15, -0.1) is 0 Å². The van der Waals surface area contributed by atoms with E-state index in [4.69, 9.17) is 10.5 Å². The van der Waals surface area contributed by atoms with Crippen molar-refractivity contribution in [2.75, 3.05) is 6.61 Å². The zero-order valence-corrected chi connectivity index (χ0v) is 10.8. The molecule has 0 saturated carbocycles. The van der Waals surface area contributed by atoms with E-state index in [1.54, 1.807) is 6.92 Å². The van der Waals surface area contributed by atoms with Gasteiger partial charge in [-0.05, 0) is 13.3 Å². The predicted molar refractivity (Wildman–Crippen MR) is 67.2 cm³/mol. The van der Waals surface area contributed by atoms with Crippen molar-refractivity contribution >= 4 is 5.97 Å². The minimum atomic E-state index is -0.492. The van der Waals surface area contributed by atoms with E-state index >= 15 is 0 Å². The highest BCUT2D eigenvalue weighted by molar-refractivity contribution is 5.74. The van der Waals surface area contributed by atoms with Gasteiger partial charge in [0, 0.05) is 0 Å². The number of carbonyl (C=O) groups excluding carboxylic acids is 1. The highest BCUT2D eigenvalue weighted by Gasteiger charge is 2.07. The molecular weight excluding hydrogens is 202 g/mol. The largest absolute Gasteiger partial charge is 0.465 e. The smallest absolute Gasteiger partial charge is 0.322 e. The Morgan fingerprint density at radius 3 is 2.06 bits per heavy atom. The second kappa shape index (κ2) is 10.9. The lowest BCUT2D eigenvalue weighted by Gasteiger charge is -2.06. The maximum atomic E-state index is 11.0. The van der Waals surface area contributed by atoms with Gasteiger partial charge in [0.15, 0.2) is 0 Å². The number of nitrogens with two attached hydrogens (primary N) is 1. The quantitative estimate of drug-likeness (QED) is 0.463. The molecule has 0 aromatic heterocycles. The molecule has 0 rings (SSSR count). The fraction of sp³-hybridized carbons (Fsp3) is 0.923. The van der Waals surface area contributed by atoms with Crippen LogP contribution in [-0.2, 0) is 9.53 Å². The molecule has 0 saturated heterocycles. The Morgan fingerprint density at radius 1 is 1.06 bits per heavy atom. The number of ether oxygens (including phenoxy) is 1. The molecule has 1 unspecified atom stereocenters. The van der Waals surface area contributed by atoms with E-state index in [0.717, 1.165) is 12.8 Å². The topological polar surface area (TPSA) is 52.3 Å². The first-order valence-corrected chi connectivity index (χ1v) is 6.60. The lowest BCUT2D eigenvalue weighted by atomic mass is 10.1. The summed E-state index contributed by atoms with van der Waals surface area (Å²) in [5.74, 6) is -0.289. The van der Waals surface area contributed by atoms with E-state index in [0.29, 0.717) is 6.61 Å². The summed E-state index contributed by atoms with van der Waals surface area (Å²) >= 11 is 0. The Kier molecular flexibility index (Phi) is 10.5. The Hall–Kier alpha value is -0.570. The van der Waals surface area contributed by atoms with Crippen LogP contribution in [0.1, 0.15) is 65.2 Å². The molecule has 1 atom stereocenters. The molecular formula is C13H27NO2. The van der Waals surface area contributed by atoms with Gasteiger partial charge in [-0.3, -0.25) is 4.79 Å². The molecule has 0 aromatic rings. The van der Waals surface area contributed by atoms with E-state index in [-0.39, 0.29) is 5.97 Å². The number of esters is 1. The summed E-state index contributed by atoms with van der Waals surface area (Å²) in [5, 5.41) is 0. The van der Waals surface area contributed by atoms with E-state index in [1.807, 2.05) is 0 Å². The van der Waals surface area contributed by atoms with Crippen molar-refractivity contribution in [3.63, 3.8) is 0 Å². The molecule has 0 aliphatic rings. The van der Waals surface area contributed by atoms with Crippen molar-refractivity contribution in [1.29, 1.82) is 0 Å². The third kappa shape index (κ3) is 9.97. The van der Waals surface area contributed by atoms with Gasteiger partial charge in [0.25, 0.3) is 0 Å². The van der Waals surface area contributed by atoms with Gasteiger partial charge in [-0.2, -0.15) is 0 Å². The van der Waals surface area contributed by atoms with Crippen LogP contribution in [0.4, 0.5) is 0 Å². The molecule has 0 heterocycles. The SMILES string of the molecule is CCCCCCCCCCOC(=O)C(C)N. The zero-order chi connectivity index (χ0) is 12.2. The maximum Gasteiger partial charge on any atom is 0.322 e. The lowest BCUT2D eigenvalue weighted by Crippen LogP contribution is -2.28. The number of unbranched alkanes of at least 4 members (excludes halogenated alkanes) is 7. The number of carbonyl (C=O) groups is 1. The molecule has 96 valence electrons.